The molecular weight excluding hydrogens is 470 g/mol. The summed E-state index contributed by atoms with van der Waals surface area (Å²) >= 11 is 0. The van der Waals surface area contributed by atoms with E-state index in [0.717, 1.165) is 11.1 Å². The molecule has 37 heavy (non-hydrogen) atoms. The van der Waals surface area contributed by atoms with Crippen LogP contribution in [0.1, 0.15) is 0 Å². The molecule has 0 aliphatic rings. The highest BCUT2D eigenvalue weighted by Gasteiger charge is 2.33. The van der Waals surface area contributed by atoms with E-state index in [1.165, 1.54) is 19.6 Å². The lowest BCUT2D eigenvalue weighted by Crippen LogP contribution is -2.05. The maximum absolute atomic E-state index is 4.76. The average Bonchev–Trinajstić information content (AvgIpc) is 3.00. The third kappa shape index (κ3) is 4.32. The van der Waals surface area contributed by atoms with Gasteiger partial charge < -0.3 is 0 Å². The maximum atomic E-state index is 4.76. The monoisotopic (exact) mass is 495 g/mol. The topological polar surface area (TPSA) is 38.7 Å². The predicted molar refractivity (Wildman–Crippen MR) is 151 cm³/mol. The Hall–Kier alpha value is -4.54. The molecule has 4 heteroatoms. The highest BCUT2D eigenvalue weighted by atomic mass is 32.3. The minimum atomic E-state index is -1.71. The molecule has 6 rings (SSSR count). The Morgan fingerprint density at radius 2 is 0.703 bits per heavy atom. The van der Waals surface area contributed by atoms with Gasteiger partial charge in [0.05, 0.1) is 0 Å². The van der Waals surface area contributed by atoms with Crippen LogP contribution in [-0.4, -0.2) is 15.0 Å². The Labute approximate surface area is 218 Å². The third-order valence-electron chi connectivity index (χ3n) is 6.36. The van der Waals surface area contributed by atoms with Crippen LogP contribution in [0, 0.1) is 0 Å². The van der Waals surface area contributed by atoms with E-state index in [4.69, 9.17) is 4.98 Å². The van der Waals surface area contributed by atoms with Crippen LogP contribution in [0.5, 0.6) is 0 Å². The summed E-state index contributed by atoms with van der Waals surface area (Å²) in [6, 6.07) is 51.3. The summed E-state index contributed by atoms with van der Waals surface area (Å²) < 4.78 is 0. The average molecular weight is 496 g/mol. The molecule has 0 atom stereocenters. The molecule has 0 saturated heterocycles. The summed E-state index contributed by atoms with van der Waals surface area (Å²) in [7, 11) is -1.71. The fraction of sp³-hybridized carbons (Fsp3) is 0. The standard InChI is InChI=1S/C33H25N3S/c1-5-13-26(14-6-1)32-34-25-35-33(36-32)27-21-23-31(24-22-27)37(28-15-7-2-8-16-28,29-17-9-3-10-18-29)30-19-11-4-12-20-30/h1-25H. The van der Waals surface area contributed by atoms with Crippen LogP contribution in [0.15, 0.2) is 172 Å². The Bertz CT molecular complexity index is 1490. The van der Waals surface area contributed by atoms with E-state index in [0.29, 0.717) is 11.6 Å². The number of nitrogens with zero attached hydrogens (tertiary/aromatic N) is 3. The summed E-state index contributed by atoms with van der Waals surface area (Å²) in [6.07, 6.45) is 1.59. The van der Waals surface area contributed by atoms with Crippen LogP contribution >= 0.6 is 10.0 Å². The molecule has 1 heterocycles. The van der Waals surface area contributed by atoms with Gasteiger partial charge in [0.1, 0.15) is 6.33 Å². The van der Waals surface area contributed by atoms with Crippen molar-refractivity contribution in [1.82, 2.24) is 15.0 Å². The van der Waals surface area contributed by atoms with Gasteiger partial charge in [0.2, 0.25) is 0 Å². The van der Waals surface area contributed by atoms with E-state index in [1.807, 2.05) is 30.3 Å². The SMILES string of the molecule is c1ccc(-c2ncnc(-c3ccc(S(c4ccccc4)(c4ccccc4)c4ccccc4)cc3)n2)cc1. The van der Waals surface area contributed by atoms with E-state index in [9.17, 15) is 0 Å². The largest absolute Gasteiger partial charge is 0.217 e. The summed E-state index contributed by atoms with van der Waals surface area (Å²) in [5.74, 6) is 1.34. The number of aromatic nitrogens is 3. The number of benzene rings is 5. The van der Waals surface area contributed by atoms with Gasteiger partial charge in [-0.2, -0.15) is 0 Å². The zero-order valence-electron chi connectivity index (χ0n) is 20.2. The second-order valence-corrected chi connectivity index (χ2v) is 11.7. The molecule has 0 bridgehead atoms. The molecule has 0 spiro atoms. The maximum Gasteiger partial charge on any atom is 0.163 e. The Morgan fingerprint density at radius 3 is 1.14 bits per heavy atom. The van der Waals surface area contributed by atoms with Gasteiger partial charge >= 0.3 is 0 Å². The van der Waals surface area contributed by atoms with Crippen molar-refractivity contribution in [2.75, 3.05) is 0 Å². The summed E-state index contributed by atoms with van der Waals surface area (Å²) in [4.78, 5) is 18.8. The van der Waals surface area contributed by atoms with Crippen LogP contribution in [0.25, 0.3) is 22.8 Å². The first-order chi connectivity index (χ1) is 18.4. The Morgan fingerprint density at radius 1 is 0.351 bits per heavy atom. The lowest BCUT2D eigenvalue weighted by molar-refractivity contribution is 1.06. The molecule has 0 saturated carbocycles. The fourth-order valence-corrected chi connectivity index (χ4v) is 8.53. The van der Waals surface area contributed by atoms with Gasteiger partial charge in [0.25, 0.3) is 0 Å². The normalized spacial score (nSPS) is 11.7. The number of hydrogen-bond donors (Lipinski definition) is 0. The molecule has 0 radical (unpaired) electrons. The van der Waals surface area contributed by atoms with Crippen molar-refractivity contribution in [2.24, 2.45) is 0 Å². The molecule has 0 aliphatic heterocycles. The molecule has 0 aliphatic carbocycles. The Balaban J connectivity index is 1.51. The lowest BCUT2D eigenvalue weighted by Gasteiger charge is -2.42. The Kier molecular flexibility index (Phi) is 6.32. The molecular formula is C33H25N3S. The van der Waals surface area contributed by atoms with Gasteiger partial charge in [0, 0.05) is 30.7 Å². The van der Waals surface area contributed by atoms with Crippen molar-refractivity contribution >= 4 is 10.0 Å². The summed E-state index contributed by atoms with van der Waals surface area (Å²) in [5, 5.41) is 0. The van der Waals surface area contributed by atoms with Gasteiger partial charge in [0.15, 0.2) is 11.6 Å². The molecule has 1 aromatic heterocycles. The fourth-order valence-electron chi connectivity index (χ4n) is 4.66. The van der Waals surface area contributed by atoms with Crippen LogP contribution in [-0.2, 0) is 0 Å². The minimum absolute atomic E-state index is 0.667. The number of rotatable bonds is 6. The summed E-state index contributed by atoms with van der Waals surface area (Å²) in [5.41, 5.74) is 1.94. The van der Waals surface area contributed by atoms with Gasteiger partial charge in [-0.05, 0) is 48.5 Å². The zero-order valence-corrected chi connectivity index (χ0v) is 21.0. The zero-order chi connectivity index (χ0) is 24.9. The van der Waals surface area contributed by atoms with E-state index < -0.39 is 10.0 Å². The highest BCUT2D eigenvalue weighted by molar-refractivity contribution is 8.34. The predicted octanol–water partition coefficient (Wildman–Crippen LogP) is 8.55. The second-order valence-electron chi connectivity index (χ2n) is 8.57. The van der Waals surface area contributed by atoms with Crippen molar-refractivity contribution in [2.45, 2.75) is 19.6 Å². The lowest BCUT2D eigenvalue weighted by atomic mass is 10.2. The van der Waals surface area contributed by atoms with E-state index in [2.05, 4.69) is 125 Å². The summed E-state index contributed by atoms with van der Waals surface area (Å²) in [6.45, 7) is 0. The molecule has 0 amide bonds. The molecule has 3 nitrogen and oxygen atoms in total. The van der Waals surface area contributed by atoms with Gasteiger partial charge in [-0.1, -0.05) is 97.1 Å². The number of hydrogen-bond acceptors (Lipinski definition) is 3. The first kappa shape index (κ1) is 22.9. The van der Waals surface area contributed by atoms with E-state index >= 15 is 0 Å². The van der Waals surface area contributed by atoms with E-state index in [-0.39, 0.29) is 0 Å². The minimum Gasteiger partial charge on any atom is -0.217 e. The quantitative estimate of drug-likeness (QED) is 0.232. The van der Waals surface area contributed by atoms with Gasteiger partial charge in [-0.25, -0.2) is 15.0 Å². The first-order valence-corrected chi connectivity index (χ1v) is 13.8. The molecule has 5 aromatic carbocycles. The molecule has 0 unspecified atom stereocenters. The highest BCUT2D eigenvalue weighted by Crippen LogP contribution is 2.73. The van der Waals surface area contributed by atoms with Crippen LogP contribution in [0.2, 0.25) is 0 Å². The second kappa shape index (κ2) is 10.2. The van der Waals surface area contributed by atoms with Crippen LogP contribution in [0.3, 0.4) is 0 Å². The van der Waals surface area contributed by atoms with E-state index in [1.54, 1.807) is 6.33 Å². The van der Waals surface area contributed by atoms with Crippen molar-refractivity contribution in [3.8, 4) is 22.8 Å². The first-order valence-electron chi connectivity index (χ1n) is 12.2. The van der Waals surface area contributed by atoms with Gasteiger partial charge in [-0.15, -0.1) is 10.0 Å². The van der Waals surface area contributed by atoms with Crippen molar-refractivity contribution in [3.63, 3.8) is 0 Å². The third-order valence-corrected chi connectivity index (χ3v) is 10.3. The molecule has 0 N–H and O–H groups in total. The molecule has 6 aromatic rings. The van der Waals surface area contributed by atoms with Crippen molar-refractivity contribution in [1.29, 1.82) is 0 Å². The van der Waals surface area contributed by atoms with Crippen LogP contribution in [0.4, 0.5) is 0 Å². The van der Waals surface area contributed by atoms with Gasteiger partial charge in [-0.3, -0.25) is 0 Å². The van der Waals surface area contributed by atoms with Crippen molar-refractivity contribution < 1.29 is 0 Å². The van der Waals surface area contributed by atoms with Crippen LogP contribution < -0.4 is 0 Å². The molecule has 178 valence electrons. The smallest absolute Gasteiger partial charge is 0.163 e. The molecule has 0 fully saturated rings. The van der Waals surface area contributed by atoms with Crippen molar-refractivity contribution in [3.05, 3.63) is 152 Å².